The molecule has 0 amide bonds. The van der Waals surface area contributed by atoms with Crippen molar-refractivity contribution in [2.45, 2.75) is 13.8 Å². The van der Waals surface area contributed by atoms with Crippen molar-refractivity contribution >= 4 is 5.71 Å². The van der Waals surface area contributed by atoms with Crippen LogP contribution in [0.15, 0.2) is 11.8 Å². The first-order chi connectivity index (χ1) is 3.66. The van der Waals surface area contributed by atoms with E-state index in [0.29, 0.717) is 5.71 Å². The first-order valence-corrected chi connectivity index (χ1v) is 2.69. The normalized spacial score (nSPS) is 11.6. The van der Waals surface area contributed by atoms with Crippen molar-refractivity contribution in [1.29, 1.82) is 5.41 Å². The first kappa shape index (κ1) is 7.37. The van der Waals surface area contributed by atoms with Crippen LogP contribution in [-0.2, 0) is 0 Å². The molecule has 0 aliphatic heterocycles. The van der Waals surface area contributed by atoms with E-state index in [0.717, 1.165) is 5.70 Å². The van der Waals surface area contributed by atoms with Gasteiger partial charge in [0.05, 0.1) is 7.05 Å². The second-order valence-electron chi connectivity index (χ2n) is 1.86. The Hall–Kier alpha value is -0.630. The van der Waals surface area contributed by atoms with Gasteiger partial charge in [-0.2, -0.15) is 0 Å². The molecule has 2 nitrogen and oxygen atoms in total. The smallest absolute Gasteiger partial charge is 0.104 e. The third-order valence-electron chi connectivity index (χ3n) is 0.900. The molecule has 3 N–H and O–H groups in total. The maximum Gasteiger partial charge on any atom is 0.104 e. The van der Waals surface area contributed by atoms with Gasteiger partial charge in [-0.1, -0.05) is 0 Å². The highest BCUT2D eigenvalue weighted by molar-refractivity contribution is 5.90. The van der Waals surface area contributed by atoms with Crippen molar-refractivity contribution in [3.05, 3.63) is 11.8 Å². The largest absolute Gasteiger partial charge is 0.320 e. The molecule has 0 aromatic rings. The van der Waals surface area contributed by atoms with Crippen molar-refractivity contribution < 1.29 is 5.32 Å². The number of hydrogen-bond donors (Lipinski definition) is 2. The second-order valence-corrected chi connectivity index (χ2v) is 1.86. The SMILES string of the molecule is C[NH2+]/C(C)=C\C(C)=N. The van der Waals surface area contributed by atoms with E-state index in [2.05, 4.69) is 0 Å². The van der Waals surface area contributed by atoms with Crippen LogP contribution in [0, 0.1) is 5.41 Å². The Morgan fingerprint density at radius 3 is 2.12 bits per heavy atom. The molecule has 0 saturated carbocycles. The van der Waals surface area contributed by atoms with Crippen molar-refractivity contribution in [3.63, 3.8) is 0 Å². The zero-order chi connectivity index (χ0) is 6.57. The summed E-state index contributed by atoms with van der Waals surface area (Å²) in [5, 5.41) is 9.02. The Kier molecular flexibility index (Phi) is 3.12. The Labute approximate surface area is 50.1 Å². The topological polar surface area (TPSA) is 40.5 Å². The summed E-state index contributed by atoms with van der Waals surface area (Å²) in [6.07, 6.45) is 1.83. The summed E-state index contributed by atoms with van der Waals surface area (Å²) in [5.74, 6) is 0. The minimum atomic E-state index is 0.612. The molecule has 0 spiro atoms. The molecular weight excluding hydrogens is 100 g/mol. The van der Waals surface area contributed by atoms with Gasteiger partial charge in [-0.15, -0.1) is 0 Å². The van der Waals surface area contributed by atoms with Crippen LogP contribution in [0.5, 0.6) is 0 Å². The van der Waals surface area contributed by atoms with E-state index in [1.54, 1.807) is 6.92 Å². The average Bonchev–Trinajstić information content (AvgIpc) is 1.65. The number of hydrogen-bond acceptors (Lipinski definition) is 1. The van der Waals surface area contributed by atoms with Crippen LogP contribution in [-0.4, -0.2) is 12.8 Å². The lowest BCUT2D eigenvalue weighted by molar-refractivity contribution is -0.575. The van der Waals surface area contributed by atoms with Crippen molar-refractivity contribution in [2.75, 3.05) is 7.05 Å². The number of quaternary nitrogens is 1. The third-order valence-corrected chi connectivity index (χ3v) is 0.900. The van der Waals surface area contributed by atoms with Gasteiger partial charge in [0.2, 0.25) is 0 Å². The summed E-state index contributed by atoms with van der Waals surface area (Å²) < 4.78 is 0. The van der Waals surface area contributed by atoms with Gasteiger partial charge >= 0.3 is 0 Å². The van der Waals surface area contributed by atoms with E-state index < -0.39 is 0 Å². The monoisotopic (exact) mass is 113 g/mol. The van der Waals surface area contributed by atoms with Crippen LogP contribution >= 0.6 is 0 Å². The lowest BCUT2D eigenvalue weighted by Crippen LogP contribution is -2.76. The van der Waals surface area contributed by atoms with Gasteiger partial charge in [0, 0.05) is 18.7 Å². The standard InChI is InChI=1S/C6H12N2/c1-5(7)4-6(2)8-3/h4,7-8H,1-3H3/p+1/b6-4-,7-5?. The highest BCUT2D eigenvalue weighted by Gasteiger charge is 1.85. The average molecular weight is 113 g/mol. The van der Waals surface area contributed by atoms with Crippen LogP contribution < -0.4 is 5.32 Å². The van der Waals surface area contributed by atoms with E-state index in [4.69, 9.17) is 5.41 Å². The Morgan fingerprint density at radius 1 is 1.50 bits per heavy atom. The molecule has 0 aromatic carbocycles. The number of nitrogens with one attached hydrogen (secondary N) is 1. The summed E-state index contributed by atoms with van der Waals surface area (Å²) in [6, 6.07) is 0. The highest BCUT2D eigenvalue weighted by atomic mass is 14.8. The zero-order valence-corrected chi connectivity index (χ0v) is 5.65. The van der Waals surface area contributed by atoms with Crippen LogP contribution in [0.2, 0.25) is 0 Å². The predicted molar refractivity (Wildman–Crippen MR) is 35.0 cm³/mol. The second kappa shape index (κ2) is 3.38. The van der Waals surface area contributed by atoms with E-state index in [-0.39, 0.29) is 0 Å². The van der Waals surface area contributed by atoms with Gasteiger partial charge in [-0.25, -0.2) is 0 Å². The number of allylic oxidation sites excluding steroid dienone is 2. The Morgan fingerprint density at radius 2 is 2.00 bits per heavy atom. The lowest BCUT2D eigenvalue weighted by Gasteiger charge is -1.89. The van der Waals surface area contributed by atoms with Crippen molar-refractivity contribution in [1.82, 2.24) is 0 Å². The Bertz CT molecular complexity index is 114. The zero-order valence-electron chi connectivity index (χ0n) is 5.65. The maximum atomic E-state index is 7.03. The third kappa shape index (κ3) is 3.56. The van der Waals surface area contributed by atoms with E-state index in [9.17, 15) is 0 Å². The van der Waals surface area contributed by atoms with Crippen LogP contribution in [0.1, 0.15) is 13.8 Å². The summed E-state index contributed by atoms with van der Waals surface area (Å²) in [6.45, 7) is 3.76. The molecule has 0 heterocycles. The molecule has 0 unspecified atom stereocenters. The molecule has 46 valence electrons. The molecule has 0 saturated heterocycles. The van der Waals surface area contributed by atoms with Crippen LogP contribution in [0.4, 0.5) is 0 Å². The van der Waals surface area contributed by atoms with Gasteiger partial charge in [-0.05, 0) is 6.92 Å². The fraction of sp³-hybridized carbons (Fsp3) is 0.500. The van der Waals surface area contributed by atoms with E-state index in [1.165, 1.54) is 0 Å². The van der Waals surface area contributed by atoms with Crippen molar-refractivity contribution in [2.24, 2.45) is 0 Å². The van der Waals surface area contributed by atoms with Gasteiger partial charge < -0.3 is 10.7 Å². The Balaban J connectivity index is 3.75. The summed E-state index contributed by atoms with van der Waals surface area (Å²) in [4.78, 5) is 0. The summed E-state index contributed by atoms with van der Waals surface area (Å²) in [5.41, 5.74) is 1.76. The van der Waals surface area contributed by atoms with Crippen LogP contribution in [0.3, 0.4) is 0 Å². The highest BCUT2D eigenvalue weighted by Crippen LogP contribution is 1.77. The molecule has 0 aliphatic rings. The van der Waals surface area contributed by atoms with Gasteiger partial charge in [-0.3, -0.25) is 0 Å². The summed E-state index contributed by atoms with van der Waals surface area (Å²) >= 11 is 0. The molecule has 0 atom stereocenters. The number of rotatable bonds is 2. The number of nitrogens with two attached hydrogens (primary N) is 1. The molecular formula is C6H13N2+. The minimum absolute atomic E-state index is 0.612. The van der Waals surface area contributed by atoms with Crippen LogP contribution in [0.25, 0.3) is 0 Å². The maximum absolute atomic E-state index is 7.03. The molecule has 0 aromatic heterocycles. The molecule has 0 rings (SSSR count). The van der Waals surface area contributed by atoms with E-state index in [1.807, 2.05) is 25.4 Å². The van der Waals surface area contributed by atoms with E-state index >= 15 is 0 Å². The molecule has 0 radical (unpaired) electrons. The fourth-order valence-electron chi connectivity index (χ4n) is 0.425. The van der Waals surface area contributed by atoms with Gasteiger partial charge in [0.15, 0.2) is 0 Å². The molecule has 0 bridgehead atoms. The lowest BCUT2D eigenvalue weighted by atomic mass is 10.3. The van der Waals surface area contributed by atoms with Gasteiger partial charge in [0.25, 0.3) is 0 Å². The molecule has 2 heteroatoms. The molecule has 0 aliphatic carbocycles. The van der Waals surface area contributed by atoms with Crippen molar-refractivity contribution in [3.8, 4) is 0 Å². The minimum Gasteiger partial charge on any atom is -0.320 e. The summed E-state index contributed by atoms with van der Waals surface area (Å²) in [7, 11) is 1.97. The first-order valence-electron chi connectivity index (χ1n) is 2.69. The van der Waals surface area contributed by atoms with Gasteiger partial charge in [0.1, 0.15) is 5.70 Å². The fourth-order valence-corrected chi connectivity index (χ4v) is 0.425. The quantitative estimate of drug-likeness (QED) is 0.478. The molecule has 0 fully saturated rings. The predicted octanol–water partition coefficient (Wildman–Crippen LogP) is 0.123. The molecule has 8 heavy (non-hydrogen) atoms.